The van der Waals surface area contributed by atoms with Gasteiger partial charge in [0.2, 0.25) is 10.0 Å². The zero-order valence-electron chi connectivity index (χ0n) is 13.7. The number of halogens is 1. The minimum Gasteiger partial charge on any atom is -0.361 e. The van der Waals surface area contributed by atoms with Gasteiger partial charge in [0, 0.05) is 11.1 Å². The second-order valence-corrected chi connectivity index (χ2v) is 7.42. The molecule has 1 heterocycles. The molecular weight excluding hydrogens is 319 g/mol. The molecule has 1 aromatic carbocycles. The lowest BCUT2D eigenvalue weighted by Crippen LogP contribution is -2.30. The summed E-state index contributed by atoms with van der Waals surface area (Å²) >= 11 is 0. The third-order valence-electron chi connectivity index (χ3n) is 3.72. The van der Waals surface area contributed by atoms with E-state index in [-0.39, 0.29) is 5.56 Å². The van der Waals surface area contributed by atoms with Crippen LogP contribution in [0.4, 0.5) is 4.39 Å². The van der Waals surface area contributed by atoms with Crippen molar-refractivity contribution in [3.63, 3.8) is 0 Å². The topological polar surface area (TPSA) is 72.2 Å². The molecule has 2 rings (SSSR count). The first-order chi connectivity index (χ1) is 10.7. The van der Waals surface area contributed by atoms with Crippen molar-refractivity contribution in [3.8, 4) is 0 Å². The summed E-state index contributed by atoms with van der Waals surface area (Å²) in [5.74, 6) is -0.335. The maximum atomic E-state index is 13.9. The molecule has 1 atom stereocenters. The van der Waals surface area contributed by atoms with Crippen molar-refractivity contribution in [2.24, 2.45) is 0 Å². The highest BCUT2D eigenvalue weighted by atomic mass is 32.2. The molecule has 0 radical (unpaired) electrons. The number of hydrogen-bond donors (Lipinski definition) is 1. The lowest BCUT2D eigenvalue weighted by molar-refractivity contribution is 0.390. The Labute approximate surface area is 135 Å². The summed E-state index contributed by atoms with van der Waals surface area (Å²) in [7, 11) is -3.70. The summed E-state index contributed by atoms with van der Waals surface area (Å²) in [5.41, 5.74) is 2.29. The van der Waals surface area contributed by atoms with Gasteiger partial charge in [-0.3, -0.25) is 0 Å². The van der Waals surface area contributed by atoms with Crippen LogP contribution in [0.3, 0.4) is 0 Å². The Morgan fingerprint density at radius 3 is 2.52 bits per heavy atom. The van der Waals surface area contributed by atoms with Crippen molar-refractivity contribution in [1.29, 1.82) is 0 Å². The fourth-order valence-electron chi connectivity index (χ4n) is 2.57. The molecule has 0 unspecified atom stereocenters. The Hall–Kier alpha value is -1.73. The first kappa shape index (κ1) is 17.6. The number of hydrogen-bond acceptors (Lipinski definition) is 4. The quantitative estimate of drug-likeness (QED) is 0.876. The van der Waals surface area contributed by atoms with Gasteiger partial charge in [-0.15, -0.1) is 0 Å². The number of rotatable bonds is 6. The van der Waals surface area contributed by atoms with E-state index in [0.717, 1.165) is 11.1 Å². The molecule has 126 valence electrons. The van der Waals surface area contributed by atoms with E-state index in [9.17, 15) is 12.8 Å². The summed E-state index contributed by atoms with van der Waals surface area (Å²) in [6.07, 6.45) is 0.540. The van der Waals surface area contributed by atoms with Crippen LogP contribution in [0.15, 0.2) is 22.7 Å². The van der Waals surface area contributed by atoms with Gasteiger partial charge in [-0.1, -0.05) is 24.2 Å². The van der Waals surface area contributed by atoms with Crippen molar-refractivity contribution in [2.45, 2.75) is 45.9 Å². The average molecular weight is 340 g/mol. The Balaban J connectivity index is 2.22. The van der Waals surface area contributed by atoms with Crippen molar-refractivity contribution in [3.05, 3.63) is 52.2 Å². The van der Waals surface area contributed by atoms with Crippen LogP contribution < -0.4 is 4.72 Å². The Morgan fingerprint density at radius 2 is 2.00 bits per heavy atom. The third-order valence-corrected chi connectivity index (χ3v) is 5.06. The standard InChI is InChI=1S/C16H21FN2O3S/c1-5-15(16-11(3)18-22-12(16)4)19-23(20,21)9-13-7-6-10(2)8-14(13)17/h6-8,15,19H,5,9H2,1-4H3/t15-/m1/s1. The monoisotopic (exact) mass is 340 g/mol. The van der Waals surface area contributed by atoms with Crippen LogP contribution in [-0.2, 0) is 15.8 Å². The van der Waals surface area contributed by atoms with Crippen LogP contribution in [0.5, 0.6) is 0 Å². The second kappa shape index (κ2) is 6.80. The predicted molar refractivity (Wildman–Crippen MR) is 85.9 cm³/mol. The molecule has 0 fully saturated rings. The normalized spacial score (nSPS) is 13.3. The van der Waals surface area contributed by atoms with E-state index >= 15 is 0 Å². The van der Waals surface area contributed by atoms with Crippen molar-refractivity contribution in [2.75, 3.05) is 0 Å². The first-order valence-corrected chi connectivity index (χ1v) is 9.06. The first-order valence-electron chi connectivity index (χ1n) is 7.41. The molecule has 2 aromatic rings. The Bertz CT molecular complexity index is 780. The predicted octanol–water partition coefficient (Wildman–Crippen LogP) is 3.31. The lowest BCUT2D eigenvalue weighted by Gasteiger charge is -2.17. The third kappa shape index (κ3) is 4.17. The molecule has 1 aromatic heterocycles. The average Bonchev–Trinajstić information content (AvgIpc) is 2.79. The zero-order chi connectivity index (χ0) is 17.2. The Morgan fingerprint density at radius 1 is 1.30 bits per heavy atom. The van der Waals surface area contributed by atoms with Gasteiger partial charge in [-0.2, -0.15) is 0 Å². The smallest absolute Gasteiger partial charge is 0.216 e. The van der Waals surface area contributed by atoms with E-state index in [1.165, 1.54) is 12.1 Å². The number of benzene rings is 1. The minimum absolute atomic E-state index is 0.150. The number of aryl methyl sites for hydroxylation is 3. The van der Waals surface area contributed by atoms with Crippen LogP contribution >= 0.6 is 0 Å². The van der Waals surface area contributed by atoms with Gasteiger partial charge in [0.15, 0.2) is 0 Å². The lowest BCUT2D eigenvalue weighted by atomic mass is 10.0. The highest BCUT2D eigenvalue weighted by Gasteiger charge is 2.24. The van der Waals surface area contributed by atoms with Crippen LogP contribution in [0.2, 0.25) is 0 Å². The van der Waals surface area contributed by atoms with Gasteiger partial charge < -0.3 is 4.52 Å². The van der Waals surface area contributed by atoms with Crippen LogP contribution in [0, 0.1) is 26.6 Å². The zero-order valence-corrected chi connectivity index (χ0v) is 14.5. The van der Waals surface area contributed by atoms with E-state index in [1.807, 2.05) is 6.92 Å². The molecule has 7 heteroatoms. The molecule has 23 heavy (non-hydrogen) atoms. The molecule has 0 aliphatic carbocycles. The molecule has 0 amide bonds. The van der Waals surface area contributed by atoms with E-state index < -0.39 is 27.6 Å². The Kier molecular flexibility index (Phi) is 5.21. The number of sulfonamides is 1. The molecular formula is C16H21FN2O3S. The van der Waals surface area contributed by atoms with Crippen LogP contribution in [0.25, 0.3) is 0 Å². The SMILES string of the molecule is CC[C@@H](NS(=O)(=O)Cc1ccc(C)cc1F)c1c(C)noc1C. The van der Waals surface area contributed by atoms with Crippen molar-refractivity contribution >= 4 is 10.0 Å². The van der Waals surface area contributed by atoms with Gasteiger partial charge >= 0.3 is 0 Å². The summed E-state index contributed by atoms with van der Waals surface area (Å²) in [6.45, 7) is 7.13. The molecule has 0 bridgehead atoms. The van der Waals surface area contributed by atoms with E-state index in [1.54, 1.807) is 26.8 Å². The molecule has 0 saturated heterocycles. The molecule has 0 saturated carbocycles. The maximum Gasteiger partial charge on any atom is 0.216 e. The van der Waals surface area contributed by atoms with Crippen LogP contribution in [0.1, 0.15) is 47.5 Å². The highest BCUT2D eigenvalue weighted by molar-refractivity contribution is 7.88. The highest BCUT2D eigenvalue weighted by Crippen LogP contribution is 2.25. The van der Waals surface area contributed by atoms with Gasteiger partial charge in [0.1, 0.15) is 11.6 Å². The largest absolute Gasteiger partial charge is 0.361 e. The molecule has 1 N–H and O–H groups in total. The summed E-state index contributed by atoms with van der Waals surface area (Å²) < 4.78 is 46.4. The van der Waals surface area contributed by atoms with Crippen molar-refractivity contribution in [1.82, 2.24) is 9.88 Å². The van der Waals surface area contributed by atoms with Crippen molar-refractivity contribution < 1.29 is 17.3 Å². The summed E-state index contributed by atoms with van der Waals surface area (Å²) in [4.78, 5) is 0. The molecule has 0 aliphatic rings. The number of aromatic nitrogens is 1. The van der Waals surface area contributed by atoms with E-state index in [2.05, 4.69) is 9.88 Å². The van der Waals surface area contributed by atoms with Crippen LogP contribution in [-0.4, -0.2) is 13.6 Å². The second-order valence-electron chi connectivity index (χ2n) is 5.67. The molecule has 0 aliphatic heterocycles. The minimum atomic E-state index is -3.70. The van der Waals surface area contributed by atoms with Gasteiger partial charge in [-0.05, 0) is 38.8 Å². The van der Waals surface area contributed by atoms with Gasteiger partial charge in [-0.25, -0.2) is 17.5 Å². The number of nitrogens with one attached hydrogen (secondary N) is 1. The fourth-order valence-corrected chi connectivity index (χ4v) is 4.01. The summed E-state index contributed by atoms with van der Waals surface area (Å²) in [5, 5.41) is 3.85. The number of nitrogens with zero attached hydrogens (tertiary/aromatic N) is 1. The molecule has 5 nitrogen and oxygen atoms in total. The van der Waals surface area contributed by atoms with E-state index in [4.69, 9.17) is 4.52 Å². The van der Waals surface area contributed by atoms with Gasteiger partial charge in [0.05, 0.1) is 17.5 Å². The summed E-state index contributed by atoms with van der Waals surface area (Å²) in [6, 6.07) is 4.08. The van der Waals surface area contributed by atoms with Gasteiger partial charge in [0.25, 0.3) is 0 Å². The molecule has 0 spiro atoms. The van der Waals surface area contributed by atoms with E-state index in [0.29, 0.717) is 17.9 Å². The maximum absolute atomic E-state index is 13.9. The fraction of sp³-hybridized carbons (Fsp3) is 0.438.